The molecule has 0 unspecified atom stereocenters. The summed E-state index contributed by atoms with van der Waals surface area (Å²) < 4.78 is 0. The van der Waals surface area contributed by atoms with E-state index in [1.54, 1.807) is 0 Å². The Kier molecular flexibility index (Phi) is 0.689. The normalized spacial score (nSPS) is 75.1. The van der Waals surface area contributed by atoms with Gasteiger partial charge in [0.05, 0.1) is 0 Å². The number of ketones is 2. The number of fused-ring (bicyclic) bond motifs is 2. The molecule has 5 rings (SSSR count). The van der Waals surface area contributed by atoms with Crippen molar-refractivity contribution >= 4 is 11.6 Å². The van der Waals surface area contributed by atoms with Crippen molar-refractivity contribution in [2.45, 2.75) is 13.3 Å². The van der Waals surface area contributed by atoms with Crippen molar-refractivity contribution in [1.82, 2.24) is 0 Å². The van der Waals surface area contributed by atoms with E-state index in [2.05, 4.69) is 6.92 Å². The van der Waals surface area contributed by atoms with Crippen LogP contribution in [0.4, 0.5) is 0 Å². The lowest BCUT2D eigenvalue weighted by atomic mass is 9.49. The van der Waals surface area contributed by atoms with Crippen molar-refractivity contribution in [1.29, 1.82) is 0 Å². The first-order valence-corrected chi connectivity index (χ1v) is 5.75. The molecular formula is C12H12O2. The molecule has 72 valence electrons. The van der Waals surface area contributed by atoms with Gasteiger partial charge in [0.15, 0.2) is 0 Å². The Hall–Kier alpha value is -0.660. The smallest absolute Gasteiger partial charge is 0.143 e. The number of Topliss-reactive ketones (excluding diaryl/α,β-unsaturated/α-hetero) is 2. The van der Waals surface area contributed by atoms with Gasteiger partial charge in [-0.15, -0.1) is 0 Å². The third-order valence-corrected chi connectivity index (χ3v) is 6.42. The van der Waals surface area contributed by atoms with Crippen LogP contribution in [0.5, 0.6) is 0 Å². The van der Waals surface area contributed by atoms with Crippen LogP contribution in [0.15, 0.2) is 0 Å². The van der Waals surface area contributed by atoms with Gasteiger partial charge in [-0.3, -0.25) is 9.59 Å². The molecule has 0 N–H and O–H groups in total. The summed E-state index contributed by atoms with van der Waals surface area (Å²) in [5.41, 5.74) is -0.182. The molecule has 5 aliphatic rings. The summed E-state index contributed by atoms with van der Waals surface area (Å²) >= 11 is 0. The fourth-order valence-electron chi connectivity index (χ4n) is 6.36. The largest absolute Gasteiger partial charge is 0.299 e. The van der Waals surface area contributed by atoms with Crippen LogP contribution in [0.1, 0.15) is 13.3 Å². The number of rotatable bonds is 0. The van der Waals surface area contributed by atoms with Crippen LogP contribution in [0.2, 0.25) is 0 Å². The zero-order valence-electron chi connectivity index (χ0n) is 8.07. The summed E-state index contributed by atoms with van der Waals surface area (Å²) in [5.74, 6) is 4.00. The van der Waals surface area contributed by atoms with E-state index < -0.39 is 0 Å². The van der Waals surface area contributed by atoms with Gasteiger partial charge in [0.25, 0.3) is 0 Å². The fraction of sp³-hybridized carbons (Fsp3) is 0.833. The molecule has 2 nitrogen and oxygen atoms in total. The van der Waals surface area contributed by atoms with E-state index in [0.717, 1.165) is 0 Å². The van der Waals surface area contributed by atoms with Gasteiger partial charge in [-0.05, 0) is 30.1 Å². The lowest BCUT2D eigenvalue weighted by Crippen LogP contribution is -2.57. The van der Waals surface area contributed by atoms with Gasteiger partial charge >= 0.3 is 0 Å². The summed E-state index contributed by atoms with van der Waals surface area (Å²) in [7, 11) is 0. The average Bonchev–Trinajstić information content (AvgIpc) is 2.67. The molecule has 0 aromatic carbocycles. The van der Waals surface area contributed by atoms with E-state index in [-0.39, 0.29) is 23.2 Å². The lowest BCUT2D eigenvalue weighted by molar-refractivity contribution is -0.158. The monoisotopic (exact) mass is 188 g/mol. The molecule has 5 saturated carbocycles. The third kappa shape index (κ3) is 0.322. The standard InChI is InChI=1S/C12H12O2/c1-12-8-4-2-3-5(6(4)11(12)14)10(13)9(12)7(3)8/h3-9H,2H2,1H3/t3-,4+,5-,6+,7-,8+,9-,12+/m0/s1. The first-order chi connectivity index (χ1) is 6.67. The molecule has 0 aromatic heterocycles. The zero-order chi connectivity index (χ0) is 9.40. The van der Waals surface area contributed by atoms with Crippen LogP contribution in [0.3, 0.4) is 0 Å². The Balaban J connectivity index is 1.93. The molecule has 0 spiro atoms. The average molecular weight is 188 g/mol. The van der Waals surface area contributed by atoms with E-state index in [1.807, 2.05) is 0 Å². The van der Waals surface area contributed by atoms with Gasteiger partial charge in [0.2, 0.25) is 0 Å². The first-order valence-electron chi connectivity index (χ1n) is 5.75. The van der Waals surface area contributed by atoms with Gasteiger partial charge in [0.1, 0.15) is 11.6 Å². The molecule has 0 aromatic rings. The SMILES string of the molecule is C[C@]12C(=O)[C@@H]3[C@H]4C[C@H]5[C@@H]3C(=O)[C@@H]1[C@@H]5[C@@H]42. The predicted molar refractivity (Wildman–Crippen MR) is 47.2 cm³/mol. The second-order valence-electron chi connectivity index (χ2n) is 6.25. The fourth-order valence-corrected chi connectivity index (χ4v) is 6.36. The highest BCUT2D eigenvalue weighted by Crippen LogP contribution is 2.84. The molecular weight excluding hydrogens is 176 g/mol. The quantitative estimate of drug-likeness (QED) is 0.566. The summed E-state index contributed by atoms with van der Waals surface area (Å²) in [6, 6.07) is 0. The molecule has 8 atom stereocenters. The summed E-state index contributed by atoms with van der Waals surface area (Å²) in [5, 5.41) is 0. The Morgan fingerprint density at radius 3 is 2.79 bits per heavy atom. The Morgan fingerprint density at radius 1 is 1.21 bits per heavy atom. The Labute approximate surface area is 82.0 Å². The van der Waals surface area contributed by atoms with Crippen LogP contribution in [-0.4, -0.2) is 11.6 Å². The highest BCUT2D eigenvalue weighted by molar-refractivity contribution is 6.08. The summed E-state index contributed by atoms with van der Waals surface area (Å²) in [6.07, 6.45) is 1.20. The molecule has 0 aliphatic heterocycles. The highest BCUT2D eigenvalue weighted by Gasteiger charge is 2.88. The number of hydrogen-bond donors (Lipinski definition) is 0. The molecule has 2 bridgehead atoms. The van der Waals surface area contributed by atoms with Crippen LogP contribution < -0.4 is 0 Å². The van der Waals surface area contributed by atoms with Crippen LogP contribution in [-0.2, 0) is 9.59 Å². The highest BCUT2D eigenvalue weighted by atomic mass is 16.1. The molecule has 0 saturated heterocycles. The van der Waals surface area contributed by atoms with Crippen molar-refractivity contribution in [2.24, 2.45) is 46.8 Å². The number of hydrogen-bond acceptors (Lipinski definition) is 2. The van der Waals surface area contributed by atoms with Crippen LogP contribution >= 0.6 is 0 Å². The molecule has 0 heterocycles. The van der Waals surface area contributed by atoms with Crippen LogP contribution in [0, 0.1) is 46.8 Å². The van der Waals surface area contributed by atoms with E-state index >= 15 is 0 Å². The zero-order valence-corrected chi connectivity index (χ0v) is 8.07. The van der Waals surface area contributed by atoms with E-state index in [9.17, 15) is 9.59 Å². The number of carbonyl (C=O) groups is 2. The molecule has 14 heavy (non-hydrogen) atoms. The van der Waals surface area contributed by atoms with Gasteiger partial charge < -0.3 is 0 Å². The van der Waals surface area contributed by atoms with Crippen molar-refractivity contribution in [3.8, 4) is 0 Å². The van der Waals surface area contributed by atoms with Crippen LogP contribution in [0.25, 0.3) is 0 Å². The maximum Gasteiger partial charge on any atom is 0.143 e. The topological polar surface area (TPSA) is 34.1 Å². The first kappa shape index (κ1) is 6.76. The summed E-state index contributed by atoms with van der Waals surface area (Å²) in [4.78, 5) is 24.3. The third-order valence-electron chi connectivity index (χ3n) is 6.42. The minimum Gasteiger partial charge on any atom is -0.299 e. The van der Waals surface area contributed by atoms with Crippen molar-refractivity contribution < 1.29 is 9.59 Å². The molecule has 5 fully saturated rings. The minimum atomic E-state index is -0.182. The van der Waals surface area contributed by atoms with Crippen molar-refractivity contribution in [3.63, 3.8) is 0 Å². The summed E-state index contributed by atoms with van der Waals surface area (Å²) in [6.45, 7) is 2.08. The predicted octanol–water partition coefficient (Wildman–Crippen LogP) is 0.902. The van der Waals surface area contributed by atoms with Crippen molar-refractivity contribution in [3.05, 3.63) is 0 Å². The van der Waals surface area contributed by atoms with E-state index in [1.165, 1.54) is 6.42 Å². The van der Waals surface area contributed by atoms with Gasteiger partial charge in [-0.25, -0.2) is 0 Å². The molecule has 2 heteroatoms. The minimum absolute atomic E-state index is 0.166. The van der Waals surface area contributed by atoms with Gasteiger partial charge in [0, 0.05) is 23.2 Å². The molecule has 0 radical (unpaired) electrons. The second kappa shape index (κ2) is 1.43. The Bertz CT molecular complexity index is 422. The van der Waals surface area contributed by atoms with E-state index in [0.29, 0.717) is 35.2 Å². The van der Waals surface area contributed by atoms with Gasteiger partial charge in [-0.2, -0.15) is 0 Å². The number of carbonyl (C=O) groups excluding carboxylic acids is 2. The Morgan fingerprint density at radius 2 is 2.00 bits per heavy atom. The van der Waals surface area contributed by atoms with Crippen molar-refractivity contribution in [2.75, 3.05) is 0 Å². The maximum atomic E-state index is 12.2. The molecule has 0 amide bonds. The lowest BCUT2D eigenvalue weighted by Gasteiger charge is -2.51. The van der Waals surface area contributed by atoms with Gasteiger partial charge in [-0.1, -0.05) is 6.92 Å². The maximum absolute atomic E-state index is 12.2. The second-order valence-corrected chi connectivity index (χ2v) is 6.25. The van der Waals surface area contributed by atoms with E-state index in [4.69, 9.17) is 0 Å². The molecule has 5 aliphatic carbocycles.